The van der Waals surface area contributed by atoms with Crippen molar-refractivity contribution in [1.29, 1.82) is 0 Å². The summed E-state index contributed by atoms with van der Waals surface area (Å²) in [6.07, 6.45) is 10.2. The zero-order valence-electron chi connectivity index (χ0n) is 19.0. The maximum atomic E-state index is 13.4. The molecule has 1 saturated carbocycles. The van der Waals surface area contributed by atoms with Crippen LogP contribution in [0.1, 0.15) is 63.4 Å². The normalized spacial score (nSPS) is 18.8. The van der Waals surface area contributed by atoms with Crippen molar-refractivity contribution in [3.63, 3.8) is 0 Å². The van der Waals surface area contributed by atoms with Gasteiger partial charge in [0, 0.05) is 17.3 Å². The van der Waals surface area contributed by atoms with Gasteiger partial charge in [-0.2, -0.15) is 0 Å². The van der Waals surface area contributed by atoms with Gasteiger partial charge >= 0.3 is 0 Å². The average molecular weight is 455 g/mol. The summed E-state index contributed by atoms with van der Waals surface area (Å²) in [6, 6.07) is 15.5. The first-order chi connectivity index (χ1) is 15.7. The Labute approximate surface area is 197 Å². The van der Waals surface area contributed by atoms with Crippen molar-refractivity contribution < 1.29 is 9.53 Å². The van der Waals surface area contributed by atoms with E-state index < -0.39 is 5.41 Å². The van der Waals surface area contributed by atoms with Crippen LogP contribution in [0.15, 0.2) is 48.5 Å². The van der Waals surface area contributed by atoms with Crippen molar-refractivity contribution in [2.45, 2.75) is 63.2 Å². The van der Waals surface area contributed by atoms with Gasteiger partial charge in [-0.25, -0.2) is 0 Å². The summed E-state index contributed by atoms with van der Waals surface area (Å²) in [4.78, 5) is 15.9. The summed E-state index contributed by atoms with van der Waals surface area (Å²) >= 11 is 6.48. The minimum absolute atomic E-state index is 0.0363. The molecule has 172 valence electrons. The Morgan fingerprint density at radius 2 is 1.62 bits per heavy atom. The lowest BCUT2D eigenvalue weighted by atomic mass is 9.78. The summed E-state index contributed by atoms with van der Waals surface area (Å²) in [5.74, 6) is 0.884. The third-order valence-corrected chi connectivity index (χ3v) is 7.31. The van der Waals surface area contributed by atoms with Crippen molar-refractivity contribution in [2.24, 2.45) is 0 Å². The van der Waals surface area contributed by atoms with Crippen LogP contribution in [0.3, 0.4) is 0 Å². The number of benzene rings is 2. The van der Waals surface area contributed by atoms with Crippen molar-refractivity contribution >= 4 is 23.2 Å². The fraction of sp³-hybridized carbons (Fsp3) is 0.519. The topological polar surface area (TPSA) is 41.6 Å². The second-order valence-electron chi connectivity index (χ2n) is 9.21. The Kier molecular flexibility index (Phi) is 8.10. The molecule has 1 N–H and O–H groups in total. The number of hydrogen-bond donors (Lipinski definition) is 1. The molecule has 0 bridgehead atoms. The molecule has 1 aliphatic carbocycles. The molecule has 2 fully saturated rings. The monoisotopic (exact) mass is 454 g/mol. The van der Waals surface area contributed by atoms with Crippen molar-refractivity contribution in [3.8, 4) is 5.75 Å². The first-order valence-corrected chi connectivity index (χ1v) is 12.6. The van der Waals surface area contributed by atoms with Gasteiger partial charge in [0.15, 0.2) is 0 Å². The van der Waals surface area contributed by atoms with E-state index in [0.717, 1.165) is 62.3 Å². The maximum absolute atomic E-state index is 13.4. The molecule has 1 amide bonds. The Morgan fingerprint density at radius 1 is 0.938 bits per heavy atom. The number of anilines is 1. The molecule has 1 aliphatic heterocycles. The number of nitrogens with one attached hydrogen (secondary N) is 1. The van der Waals surface area contributed by atoms with Crippen LogP contribution < -0.4 is 10.1 Å². The van der Waals surface area contributed by atoms with Gasteiger partial charge in [-0.15, -0.1) is 0 Å². The molecule has 0 unspecified atom stereocenters. The number of amides is 1. The average Bonchev–Trinajstić information content (AvgIpc) is 3.16. The maximum Gasteiger partial charge on any atom is 0.235 e. The van der Waals surface area contributed by atoms with Crippen LogP contribution in [0.4, 0.5) is 5.69 Å². The number of carbonyl (C=O) groups is 1. The third kappa shape index (κ3) is 5.65. The highest BCUT2D eigenvalue weighted by Crippen LogP contribution is 2.44. The Balaban J connectivity index is 1.30. The smallest absolute Gasteiger partial charge is 0.235 e. The van der Waals surface area contributed by atoms with Crippen LogP contribution in [0.5, 0.6) is 5.75 Å². The summed E-state index contributed by atoms with van der Waals surface area (Å²) in [7, 11) is 0. The number of ether oxygens (including phenoxy) is 1. The third-order valence-electron chi connectivity index (χ3n) is 6.98. The van der Waals surface area contributed by atoms with Crippen molar-refractivity contribution in [3.05, 3.63) is 59.1 Å². The van der Waals surface area contributed by atoms with E-state index in [1.807, 2.05) is 48.5 Å². The van der Waals surface area contributed by atoms with Crippen LogP contribution in [0.2, 0.25) is 5.02 Å². The molecule has 2 aromatic rings. The zero-order chi connectivity index (χ0) is 22.2. The lowest BCUT2D eigenvalue weighted by Crippen LogP contribution is -2.38. The Bertz CT molecular complexity index is 869. The van der Waals surface area contributed by atoms with Gasteiger partial charge < -0.3 is 15.0 Å². The van der Waals surface area contributed by atoms with Crippen LogP contribution in [0, 0.1) is 0 Å². The number of nitrogens with zero attached hydrogens (tertiary/aromatic N) is 1. The van der Waals surface area contributed by atoms with Crippen LogP contribution in [0.25, 0.3) is 0 Å². The van der Waals surface area contributed by atoms with Gasteiger partial charge in [-0.05, 0) is 81.1 Å². The van der Waals surface area contributed by atoms with Crippen LogP contribution in [-0.4, -0.2) is 37.0 Å². The lowest BCUT2D eigenvalue weighted by Gasteiger charge is -2.29. The zero-order valence-corrected chi connectivity index (χ0v) is 19.7. The molecule has 1 heterocycles. The molecule has 0 spiro atoms. The number of carbonyl (C=O) groups excluding carboxylic acids is 1. The molecular weight excluding hydrogens is 420 g/mol. The van der Waals surface area contributed by atoms with Gasteiger partial charge in [0.1, 0.15) is 5.75 Å². The van der Waals surface area contributed by atoms with Crippen LogP contribution >= 0.6 is 11.6 Å². The highest BCUT2D eigenvalue weighted by atomic mass is 35.5. The van der Waals surface area contributed by atoms with E-state index in [1.54, 1.807) is 0 Å². The van der Waals surface area contributed by atoms with E-state index in [-0.39, 0.29) is 5.91 Å². The summed E-state index contributed by atoms with van der Waals surface area (Å²) < 4.78 is 5.94. The largest absolute Gasteiger partial charge is 0.494 e. The van der Waals surface area contributed by atoms with Gasteiger partial charge in [-0.3, -0.25) is 4.79 Å². The Hall–Kier alpha value is -2.04. The minimum atomic E-state index is -0.541. The summed E-state index contributed by atoms with van der Waals surface area (Å²) in [5, 5.41) is 3.81. The lowest BCUT2D eigenvalue weighted by molar-refractivity contribution is -0.121. The highest BCUT2D eigenvalue weighted by Gasteiger charge is 2.43. The molecule has 2 aliphatic rings. The van der Waals surface area contributed by atoms with E-state index in [9.17, 15) is 4.79 Å². The summed E-state index contributed by atoms with van der Waals surface area (Å²) in [5.41, 5.74) is 1.20. The predicted molar refractivity (Wildman–Crippen MR) is 132 cm³/mol. The molecule has 5 heteroatoms. The van der Waals surface area contributed by atoms with Gasteiger partial charge in [0.25, 0.3) is 0 Å². The van der Waals surface area contributed by atoms with Gasteiger partial charge in [0.05, 0.1) is 12.0 Å². The fourth-order valence-electron chi connectivity index (χ4n) is 5.17. The molecular formula is C27H35ClN2O2. The first kappa shape index (κ1) is 23.1. The SMILES string of the molecule is O=C(Nc1ccc(OCCCN2CCCCCC2)cc1)C1(c2ccccc2Cl)CCCC1. The number of rotatable bonds is 8. The molecule has 32 heavy (non-hydrogen) atoms. The Morgan fingerprint density at radius 3 is 2.31 bits per heavy atom. The van der Waals surface area contributed by atoms with Crippen molar-refractivity contribution in [1.82, 2.24) is 4.90 Å². The number of hydrogen-bond acceptors (Lipinski definition) is 3. The van der Waals surface area contributed by atoms with E-state index in [1.165, 1.54) is 38.8 Å². The molecule has 4 nitrogen and oxygen atoms in total. The minimum Gasteiger partial charge on any atom is -0.494 e. The van der Waals surface area contributed by atoms with Crippen LogP contribution in [-0.2, 0) is 10.2 Å². The quantitative estimate of drug-likeness (QED) is 0.467. The molecule has 0 aromatic heterocycles. The van der Waals surface area contributed by atoms with Crippen molar-refractivity contribution in [2.75, 3.05) is 31.6 Å². The first-order valence-electron chi connectivity index (χ1n) is 12.2. The second kappa shape index (κ2) is 11.2. The number of halogens is 1. The van der Waals surface area contributed by atoms with E-state index in [0.29, 0.717) is 5.02 Å². The van der Waals surface area contributed by atoms with E-state index in [4.69, 9.17) is 16.3 Å². The molecule has 2 aromatic carbocycles. The second-order valence-corrected chi connectivity index (χ2v) is 9.61. The standard InChI is InChI=1S/C27H35ClN2O2/c28-25-11-4-3-10-24(25)27(16-5-6-17-27)26(31)29-22-12-14-23(15-13-22)32-21-9-20-30-18-7-1-2-8-19-30/h3-4,10-15H,1-2,5-9,16-21H2,(H,29,31). The van der Waals surface area contributed by atoms with E-state index >= 15 is 0 Å². The predicted octanol–water partition coefficient (Wildman–Crippen LogP) is 6.44. The van der Waals surface area contributed by atoms with E-state index in [2.05, 4.69) is 10.2 Å². The van der Waals surface area contributed by atoms with Gasteiger partial charge in [-0.1, -0.05) is 55.5 Å². The highest BCUT2D eigenvalue weighted by molar-refractivity contribution is 6.31. The number of likely N-dealkylation sites (tertiary alicyclic amines) is 1. The fourth-order valence-corrected chi connectivity index (χ4v) is 5.49. The van der Waals surface area contributed by atoms with Gasteiger partial charge in [0.2, 0.25) is 5.91 Å². The molecule has 0 radical (unpaired) electrons. The molecule has 0 atom stereocenters. The summed E-state index contributed by atoms with van der Waals surface area (Å²) in [6.45, 7) is 4.28. The molecule has 1 saturated heterocycles. The molecule has 4 rings (SSSR count).